The maximum absolute atomic E-state index is 14.0. The lowest BCUT2D eigenvalue weighted by atomic mass is 9.87. The first-order chi connectivity index (χ1) is 23.5. The summed E-state index contributed by atoms with van der Waals surface area (Å²) in [5, 5.41) is 13.8. The van der Waals surface area contributed by atoms with E-state index in [0.717, 1.165) is 30.4 Å². The number of aliphatic carboxylic acids is 1. The average molecular weight is 714 g/mol. The van der Waals surface area contributed by atoms with Gasteiger partial charge in [-0.2, -0.15) is 0 Å². The fraction of sp³-hybridized carbons (Fsp3) is 0.541. The molecule has 1 saturated carbocycles. The third kappa shape index (κ3) is 7.94. The molecule has 4 atom stereocenters. The third-order valence-corrected chi connectivity index (χ3v) is 11.3. The largest absolute Gasteiger partial charge is 0.481 e. The summed E-state index contributed by atoms with van der Waals surface area (Å²) in [6, 6.07) is 11.0. The molecule has 264 valence electrons. The molecule has 0 bridgehead atoms. The number of hydrogen-bond acceptors (Lipinski definition) is 6. The van der Waals surface area contributed by atoms with Gasteiger partial charge in [0.1, 0.15) is 0 Å². The van der Waals surface area contributed by atoms with Crippen LogP contribution in [0.15, 0.2) is 42.6 Å². The van der Waals surface area contributed by atoms with Crippen LogP contribution < -0.4 is 5.32 Å². The molecular formula is C37H46Cl2N4O6. The average Bonchev–Trinajstić information content (AvgIpc) is 3.78. The molecule has 0 radical (unpaired) electrons. The van der Waals surface area contributed by atoms with Gasteiger partial charge < -0.3 is 29.4 Å². The number of rotatable bonds is 11. The number of ether oxygens (including phenoxy) is 2. The van der Waals surface area contributed by atoms with E-state index in [1.807, 2.05) is 47.7 Å². The fourth-order valence-electron chi connectivity index (χ4n) is 7.84. The molecule has 49 heavy (non-hydrogen) atoms. The van der Waals surface area contributed by atoms with Crippen molar-refractivity contribution in [3.05, 3.63) is 63.8 Å². The summed E-state index contributed by atoms with van der Waals surface area (Å²) in [6.45, 7) is 7.63. The molecule has 2 amide bonds. The quantitative estimate of drug-likeness (QED) is 0.241. The van der Waals surface area contributed by atoms with Crippen molar-refractivity contribution in [3.63, 3.8) is 0 Å². The van der Waals surface area contributed by atoms with Crippen LogP contribution in [0.2, 0.25) is 10.0 Å². The molecule has 0 unspecified atom stereocenters. The number of halogens is 2. The van der Waals surface area contributed by atoms with Gasteiger partial charge in [-0.3, -0.25) is 19.3 Å². The van der Waals surface area contributed by atoms with Crippen molar-refractivity contribution < 1.29 is 29.0 Å². The van der Waals surface area contributed by atoms with Gasteiger partial charge in [-0.15, -0.1) is 0 Å². The standard InChI is InChI=1S/C37H46Cl2N4O6/c1-4-48-34-20-42(17-22(34)2)25-15-26(21-49-27-11-9-23(10-12-27)37(46)47)43(18-25)35(44)14-24-13-31(39)32(16-30(24)38)40-36(45)29-19-41(3)33-8-6-5-7-28(29)33/h5-8,13,16,19,22-23,25-27,34H,4,9-12,14-15,17-18,20-21H2,1-3H3,(H,40,45)(H,46,47)/t22-,23-,25+,26+,27-,34+/m1/s1. The molecule has 3 fully saturated rings. The predicted molar refractivity (Wildman–Crippen MR) is 190 cm³/mol. The number of hydrogen-bond donors (Lipinski definition) is 2. The second-order valence-corrected chi connectivity index (χ2v) is 14.7. The number of carbonyl (C=O) groups excluding carboxylic acids is 2. The van der Waals surface area contributed by atoms with E-state index in [9.17, 15) is 19.5 Å². The lowest BCUT2D eigenvalue weighted by molar-refractivity contribution is -0.144. The summed E-state index contributed by atoms with van der Waals surface area (Å²) in [6.07, 6.45) is 5.43. The highest BCUT2D eigenvalue weighted by Crippen LogP contribution is 2.34. The van der Waals surface area contributed by atoms with Crippen molar-refractivity contribution in [1.82, 2.24) is 14.4 Å². The maximum Gasteiger partial charge on any atom is 0.306 e. The maximum atomic E-state index is 14.0. The molecule has 1 aliphatic carbocycles. The first-order valence-corrected chi connectivity index (χ1v) is 18.1. The van der Waals surface area contributed by atoms with Crippen LogP contribution in [0.5, 0.6) is 0 Å². The van der Waals surface area contributed by atoms with Crippen molar-refractivity contribution in [1.29, 1.82) is 0 Å². The molecule has 1 aromatic heterocycles. The van der Waals surface area contributed by atoms with Gasteiger partial charge in [0.2, 0.25) is 5.91 Å². The van der Waals surface area contributed by atoms with Crippen molar-refractivity contribution in [2.75, 3.05) is 38.2 Å². The van der Waals surface area contributed by atoms with Gasteiger partial charge in [-0.25, -0.2) is 0 Å². The molecule has 2 saturated heterocycles. The highest BCUT2D eigenvalue weighted by molar-refractivity contribution is 6.36. The fourth-order valence-corrected chi connectivity index (χ4v) is 8.31. The van der Waals surface area contributed by atoms with E-state index in [0.29, 0.717) is 78.2 Å². The first kappa shape index (κ1) is 35.7. The minimum Gasteiger partial charge on any atom is -0.481 e. The van der Waals surface area contributed by atoms with Gasteiger partial charge in [-0.05, 0) is 68.7 Å². The van der Waals surface area contributed by atoms with E-state index in [1.54, 1.807) is 18.3 Å². The van der Waals surface area contributed by atoms with Crippen molar-refractivity contribution in [2.24, 2.45) is 18.9 Å². The van der Waals surface area contributed by atoms with E-state index in [1.165, 1.54) is 0 Å². The summed E-state index contributed by atoms with van der Waals surface area (Å²) in [7, 11) is 1.89. The number of anilines is 1. The van der Waals surface area contributed by atoms with Crippen LogP contribution in [0.4, 0.5) is 5.69 Å². The normalized spacial score (nSPS) is 26.0. The van der Waals surface area contributed by atoms with Crippen LogP contribution in [-0.4, -0.2) is 94.4 Å². The van der Waals surface area contributed by atoms with Gasteiger partial charge >= 0.3 is 5.97 Å². The van der Waals surface area contributed by atoms with Crippen molar-refractivity contribution in [2.45, 2.75) is 76.7 Å². The Balaban J connectivity index is 1.14. The molecule has 2 aliphatic heterocycles. The number of para-hydroxylation sites is 1. The zero-order valence-electron chi connectivity index (χ0n) is 28.4. The van der Waals surface area contributed by atoms with E-state index in [4.69, 9.17) is 32.7 Å². The van der Waals surface area contributed by atoms with Gasteiger partial charge in [0.15, 0.2) is 0 Å². The van der Waals surface area contributed by atoms with Crippen LogP contribution in [0.3, 0.4) is 0 Å². The number of carboxylic acids is 1. The summed E-state index contributed by atoms with van der Waals surface area (Å²) < 4.78 is 14.3. The summed E-state index contributed by atoms with van der Waals surface area (Å²) in [5.41, 5.74) is 2.42. The van der Waals surface area contributed by atoms with Crippen LogP contribution in [0.25, 0.3) is 10.9 Å². The molecule has 6 rings (SSSR count). The van der Waals surface area contributed by atoms with Crippen LogP contribution in [-0.2, 0) is 32.5 Å². The van der Waals surface area contributed by atoms with E-state index >= 15 is 0 Å². The highest BCUT2D eigenvalue weighted by atomic mass is 35.5. The van der Waals surface area contributed by atoms with Crippen LogP contribution >= 0.6 is 23.2 Å². The number of likely N-dealkylation sites (tertiary alicyclic amines) is 2. The Kier molecular flexibility index (Phi) is 11.2. The van der Waals surface area contributed by atoms with Crippen molar-refractivity contribution >= 4 is 57.6 Å². The predicted octanol–water partition coefficient (Wildman–Crippen LogP) is 6.27. The topological polar surface area (TPSA) is 113 Å². The van der Waals surface area contributed by atoms with Gasteiger partial charge in [0.25, 0.3) is 5.91 Å². The highest BCUT2D eigenvalue weighted by Gasteiger charge is 2.42. The Morgan fingerprint density at radius 3 is 2.49 bits per heavy atom. The van der Waals surface area contributed by atoms with Gasteiger partial charge in [0.05, 0.1) is 53.5 Å². The third-order valence-electron chi connectivity index (χ3n) is 10.6. The number of benzene rings is 2. The zero-order chi connectivity index (χ0) is 34.8. The minimum absolute atomic E-state index is 0.00868. The SMILES string of the molecule is CCO[C@H]1CN([C@H]2C[C@@H](CO[C@H]3CC[C@H](C(=O)O)CC3)N(C(=O)Cc3cc(Cl)c(NC(=O)c4cn(C)c5ccccc45)cc3Cl)C2)C[C@H]1C. The summed E-state index contributed by atoms with van der Waals surface area (Å²) in [4.78, 5) is 43.1. The van der Waals surface area contributed by atoms with Crippen LogP contribution in [0, 0.1) is 11.8 Å². The van der Waals surface area contributed by atoms with Gasteiger partial charge in [0, 0.05) is 61.5 Å². The smallest absolute Gasteiger partial charge is 0.306 e. The second-order valence-electron chi connectivity index (χ2n) is 13.9. The molecule has 10 nitrogen and oxygen atoms in total. The monoisotopic (exact) mass is 712 g/mol. The Bertz CT molecular complexity index is 1690. The number of carboxylic acid groups (broad SMARTS) is 1. The Morgan fingerprint density at radius 1 is 1.00 bits per heavy atom. The molecule has 2 N–H and O–H groups in total. The number of nitrogens with zero attached hydrogens (tertiary/aromatic N) is 3. The number of carbonyl (C=O) groups is 3. The van der Waals surface area contributed by atoms with Gasteiger partial charge in [-0.1, -0.05) is 48.3 Å². The Labute approximate surface area is 297 Å². The lowest BCUT2D eigenvalue weighted by Gasteiger charge is -2.30. The second kappa shape index (κ2) is 15.4. The van der Waals surface area contributed by atoms with E-state index < -0.39 is 5.97 Å². The molecule has 3 aliphatic rings. The molecular weight excluding hydrogens is 667 g/mol. The molecule has 3 heterocycles. The minimum atomic E-state index is -0.738. The Hall–Kier alpha value is -3.15. The number of aromatic nitrogens is 1. The summed E-state index contributed by atoms with van der Waals surface area (Å²) in [5.74, 6) is -1.00. The Morgan fingerprint density at radius 2 is 1.76 bits per heavy atom. The summed E-state index contributed by atoms with van der Waals surface area (Å²) >= 11 is 13.4. The van der Waals surface area contributed by atoms with Crippen molar-refractivity contribution in [3.8, 4) is 0 Å². The molecule has 3 aromatic rings. The molecule has 0 spiro atoms. The van der Waals surface area contributed by atoms with E-state index in [-0.39, 0.29) is 48.4 Å². The molecule has 2 aromatic carbocycles. The number of fused-ring (bicyclic) bond motifs is 1. The zero-order valence-corrected chi connectivity index (χ0v) is 29.9. The molecule has 12 heteroatoms. The first-order valence-electron chi connectivity index (χ1n) is 17.3. The van der Waals surface area contributed by atoms with E-state index in [2.05, 4.69) is 17.1 Å². The lowest BCUT2D eigenvalue weighted by Crippen LogP contribution is -2.41. The van der Waals surface area contributed by atoms with Crippen LogP contribution in [0.1, 0.15) is 61.9 Å². The number of amides is 2. The number of nitrogens with one attached hydrogen (secondary N) is 1. The number of aryl methyl sites for hydroxylation is 1.